The summed E-state index contributed by atoms with van der Waals surface area (Å²) in [5, 5.41) is 19.9. The summed E-state index contributed by atoms with van der Waals surface area (Å²) < 4.78 is 42.8. The molecule has 11 heteroatoms. The molecule has 11 nitrogen and oxygen atoms in total. The Balaban J connectivity index is 1.35. The highest BCUT2D eigenvalue weighted by molar-refractivity contribution is 5.87. The molecule has 3 saturated heterocycles. The van der Waals surface area contributed by atoms with E-state index in [9.17, 15) is 19.8 Å². The molecule has 0 amide bonds. The van der Waals surface area contributed by atoms with Gasteiger partial charge in [-0.25, -0.2) is 4.79 Å². The Morgan fingerprint density at radius 3 is 2.02 bits per heavy atom. The van der Waals surface area contributed by atoms with Crippen LogP contribution in [-0.2, 0) is 38.0 Å². The van der Waals surface area contributed by atoms with Crippen LogP contribution in [0.3, 0.4) is 0 Å². The average Bonchev–Trinajstić information content (AvgIpc) is 2.96. The van der Waals surface area contributed by atoms with E-state index < -0.39 is 24.7 Å². The second-order valence-corrected chi connectivity index (χ2v) is 12.7. The Kier molecular flexibility index (Phi) is 13.6. The van der Waals surface area contributed by atoms with Crippen LogP contribution in [0.5, 0.6) is 0 Å². The first-order valence-corrected chi connectivity index (χ1v) is 16.6. The van der Waals surface area contributed by atoms with Crippen molar-refractivity contribution in [1.29, 1.82) is 0 Å². The van der Waals surface area contributed by atoms with Gasteiger partial charge in [-0.3, -0.25) is 4.79 Å². The molecule has 0 bridgehead atoms. The Morgan fingerprint density at radius 1 is 0.867 bits per heavy atom. The highest BCUT2D eigenvalue weighted by Gasteiger charge is 2.38. The van der Waals surface area contributed by atoms with Crippen LogP contribution in [0.4, 0.5) is 0 Å². The van der Waals surface area contributed by atoms with Gasteiger partial charge in [0.05, 0.1) is 48.3 Å². The van der Waals surface area contributed by atoms with Crippen molar-refractivity contribution in [2.24, 2.45) is 0 Å². The number of carbonyl (C=O) groups is 2. The van der Waals surface area contributed by atoms with E-state index in [1.54, 1.807) is 31.2 Å². The molecular weight excluding hydrogens is 584 g/mol. The lowest BCUT2D eigenvalue weighted by atomic mass is 9.93. The number of hydrogen-bond acceptors (Lipinski definition) is 10. The summed E-state index contributed by atoms with van der Waals surface area (Å²) in [4.78, 5) is 22.5. The van der Waals surface area contributed by atoms with Crippen LogP contribution in [-0.4, -0.2) is 83.6 Å². The molecule has 3 aliphatic rings. The molecule has 0 radical (unpaired) electrons. The Hall–Kier alpha value is -2.12. The number of rotatable bonds is 14. The van der Waals surface area contributed by atoms with Gasteiger partial charge in [-0.2, -0.15) is 0 Å². The van der Waals surface area contributed by atoms with E-state index in [1.165, 1.54) is 6.92 Å². The predicted octanol–water partition coefficient (Wildman–Crippen LogP) is 5.66. The Labute approximate surface area is 266 Å². The second kappa shape index (κ2) is 17.2. The van der Waals surface area contributed by atoms with Gasteiger partial charge in [-0.1, -0.05) is 32.4 Å². The molecule has 11 unspecified atom stereocenters. The third-order valence-corrected chi connectivity index (χ3v) is 8.63. The maximum absolute atomic E-state index is 11.3. The summed E-state index contributed by atoms with van der Waals surface area (Å²) in [6, 6.07) is 6.65. The lowest BCUT2D eigenvalue weighted by molar-refractivity contribution is -0.284. The highest BCUT2D eigenvalue weighted by Crippen LogP contribution is 2.36. The van der Waals surface area contributed by atoms with Gasteiger partial charge in [0, 0.05) is 51.0 Å². The minimum Gasteiger partial charge on any atom is -0.478 e. The SMILES string of the molecule is CCCC1OC(CC2CC(CC(O)CC(C)OC(C)=O)OC(C)O2)CC(CC2CC(CC)OC(c3ccc(C(=O)O)cc3)O2)O1. The third-order valence-electron chi connectivity index (χ3n) is 8.63. The number of hydrogen-bond donors (Lipinski definition) is 2. The monoisotopic (exact) mass is 636 g/mol. The smallest absolute Gasteiger partial charge is 0.335 e. The van der Waals surface area contributed by atoms with Crippen LogP contribution in [0.2, 0.25) is 0 Å². The maximum Gasteiger partial charge on any atom is 0.335 e. The molecule has 2 N–H and O–H groups in total. The van der Waals surface area contributed by atoms with Crippen LogP contribution >= 0.6 is 0 Å². The normalized spacial score (nSPS) is 33.7. The summed E-state index contributed by atoms with van der Waals surface area (Å²) >= 11 is 0. The summed E-state index contributed by atoms with van der Waals surface area (Å²) in [5.41, 5.74) is 1.02. The van der Waals surface area contributed by atoms with E-state index in [1.807, 2.05) is 6.92 Å². The van der Waals surface area contributed by atoms with E-state index in [0.717, 1.165) is 31.2 Å². The number of aliphatic hydroxyl groups excluding tert-OH is 1. The number of aromatic carboxylic acids is 1. The van der Waals surface area contributed by atoms with E-state index in [0.29, 0.717) is 38.5 Å². The van der Waals surface area contributed by atoms with Crippen molar-refractivity contribution in [3.8, 4) is 0 Å². The van der Waals surface area contributed by atoms with Crippen LogP contribution < -0.4 is 0 Å². The summed E-state index contributed by atoms with van der Waals surface area (Å²) in [6.45, 7) is 9.22. The molecule has 3 heterocycles. The molecule has 0 saturated carbocycles. The summed E-state index contributed by atoms with van der Waals surface area (Å²) in [7, 11) is 0. The lowest BCUT2D eigenvalue weighted by Crippen LogP contribution is -2.45. The van der Waals surface area contributed by atoms with Crippen LogP contribution in [0.15, 0.2) is 24.3 Å². The number of carbonyl (C=O) groups excluding carboxylic acids is 1. The van der Waals surface area contributed by atoms with Crippen molar-refractivity contribution in [2.45, 2.75) is 167 Å². The van der Waals surface area contributed by atoms with E-state index >= 15 is 0 Å². The van der Waals surface area contributed by atoms with Crippen molar-refractivity contribution in [3.63, 3.8) is 0 Å². The van der Waals surface area contributed by atoms with Gasteiger partial charge >= 0.3 is 11.9 Å². The van der Waals surface area contributed by atoms with Crippen LogP contribution in [0.25, 0.3) is 0 Å². The predicted molar refractivity (Wildman–Crippen MR) is 163 cm³/mol. The van der Waals surface area contributed by atoms with Crippen molar-refractivity contribution < 1.29 is 53.0 Å². The molecule has 3 aliphatic heterocycles. The molecular formula is C34H52O11. The Bertz CT molecular complexity index is 1060. The van der Waals surface area contributed by atoms with Gasteiger partial charge in [-0.05, 0) is 45.2 Å². The Morgan fingerprint density at radius 2 is 1.42 bits per heavy atom. The maximum atomic E-state index is 11.3. The fourth-order valence-electron chi connectivity index (χ4n) is 6.66. The number of carboxylic acids is 1. The molecule has 0 aliphatic carbocycles. The third kappa shape index (κ3) is 11.3. The topological polar surface area (TPSA) is 139 Å². The standard InChI is InChI=1S/C34H52O11/c1-6-8-32-42-29(17-28-16-27(40-22(5)41-28)14-25(36)13-20(3)39-21(4)35)18-30(43-32)19-31-15-26(7-2)44-34(45-31)24-11-9-23(10-12-24)33(37)38/h9-12,20,22,25-32,34,36H,6-8,13-19H2,1-5H3,(H,37,38). The van der Waals surface area contributed by atoms with Gasteiger partial charge < -0.3 is 43.4 Å². The van der Waals surface area contributed by atoms with Gasteiger partial charge in [-0.15, -0.1) is 0 Å². The average molecular weight is 637 g/mol. The molecule has 254 valence electrons. The fraction of sp³-hybridized carbons (Fsp3) is 0.765. The number of esters is 1. The van der Waals surface area contributed by atoms with Crippen LogP contribution in [0, 0.1) is 0 Å². The van der Waals surface area contributed by atoms with Crippen molar-refractivity contribution >= 4 is 11.9 Å². The number of carboxylic acid groups (broad SMARTS) is 1. The molecule has 3 fully saturated rings. The minimum atomic E-state index is -0.969. The number of benzene rings is 1. The van der Waals surface area contributed by atoms with Gasteiger partial charge in [0.15, 0.2) is 18.9 Å². The lowest BCUT2D eigenvalue weighted by Gasteiger charge is -2.42. The zero-order valence-electron chi connectivity index (χ0n) is 27.3. The van der Waals surface area contributed by atoms with Gasteiger partial charge in [0.25, 0.3) is 0 Å². The second-order valence-electron chi connectivity index (χ2n) is 12.7. The molecule has 4 rings (SSSR count). The van der Waals surface area contributed by atoms with Crippen LogP contribution in [0.1, 0.15) is 121 Å². The quantitative estimate of drug-likeness (QED) is 0.245. The molecule has 1 aromatic rings. The van der Waals surface area contributed by atoms with Crippen molar-refractivity contribution in [3.05, 3.63) is 35.4 Å². The molecule has 1 aromatic carbocycles. The van der Waals surface area contributed by atoms with E-state index in [4.69, 9.17) is 33.2 Å². The first kappa shape index (κ1) is 35.7. The largest absolute Gasteiger partial charge is 0.478 e. The van der Waals surface area contributed by atoms with Gasteiger partial charge in [0.2, 0.25) is 0 Å². The zero-order chi connectivity index (χ0) is 32.5. The van der Waals surface area contributed by atoms with Gasteiger partial charge in [0.1, 0.15) is 6.10 Å². The fourth-order valence-corrected chi connectivity index (χ4v) is 6.66. The number of ether oxygens (including phenoxy) is 7. The zero-order valence-corrected chi connectivity index (χ0v) is 27.3. The number of aliphatic hydroxyl groups is 1. The van der Waals surface area contributed by atoms with E-state index in [2.05, 4.69) is 13.8 Å². The first-order valence-electron chi connectivity index (χ1n) is 16.6. The van der Waals surface area contributed by atoms with Crippen molar-refractivity contribution in [1.82, 2.24) is 0 Å². The molecule has 0 aromatic heterocycles. The van der Waals surface area contributed by atoms with Crippen molar-refractivity contribution in [2.75, 3.05) is 0 Å². The first-order chi connectivity index (χ1) is 21.5. The molecule has 45 heavy (non-hydrogen) atoms. The highest BCUT2D eigenvalue weighted by atomic mass is 16.7. The summed E-state index contributed by atoms with van der Waals surface area (Å²) in [5.74, 6) is -1.33. The summed E-state index contributed by atoms with van der Waals surface area (Å²) in [6.07, 6.45) is 4.08. The van der Waals surface area contributed by atoms with E-state index in [-0.39, 0.29) is 60.6 Å². The molecule has 0 spiro atoms. The molecule has 11 atom stereocenters. The minimum absolute atomic E-state index is 0.0244.